The monoisotopic (exact) mass is 385 g/mol. The van der Waals surface area contributed by atoms with Gasteiger partial charge >= 0.3 is 0 Å². The van der Waals surface area contributed by atoms with Gasteiger partial charge in [-0.1, -0.05) is 31.2 Å². The van der Waals surface area contributed by atoms with Crippen LogP contribution in [0.3, 0.4) is 0 Å². The molecular formula is C22H35N5O. The molecule has 1 aliphatic carbocycles. The molecule has 0 spiro atoms. The molecule has 1 amide bonds. The fourth-order valence-corrected chi connectivity index (χ4v) is 4.00. The first-order chi connectivity index (χ1) is 13.6. The summed E-state index contributed by atoms with van der Waals surface area (Å²) < 4.78 is 0. The molecule has 1 heterocycles. The van der Waals surface area contributed by atoms with Gasteiger partial charge in [-0.2, -0.15) is 0 Å². The average molecular weight is 386 g/mol. The largest absolute Gasteiger partial charge is 0.355 e. The Morgan fingerprint density at radius 2 is 1.96 bits per heavy atom. The summed E-state index contributed by atoms with van der Waals surface area (Å²) in [5, 5.41) is 10.1. The first kappa shape index (κ1) is 20.6. The number of aryl methyl sites for hydroxylation is 1. The highest BCUT2D eigenvalue weighted by molar-refractivity contribution is 5.81. The van der Waals surface area contributed by atoms with E-state index >= 15 is 0 Å². The predicted octanol–water partition coefficient (Wildman–Crippen LogP) is 2.01. The Morgan fingerprint density at radius 3 is 2.64 bits per heavy atom. The van der Waals surface area contributed by atoms with Crippen molar-refractivity contribution in [3.63, 3.8) is 0 Å². The van der Waals surface area contributed by atoms with E-state index in [4.69, 9.17) is 0 Å². The fraction of sp³-hybridized carbons (Fsp3) is 0.636. The second-order valence-corrected chi connectivity index (χ2v) is 8.07. The van der Waals surface area contributed by atoms with Crippen LogP contribution in [0, 0.1) is 6.92 Å². The van der Waals surface area contributed by atoms with Crippen LogP contribution in [0.25, 0.3) is 0 Å². The van der Waals surface area contributed by atoms with Crippen LogP contribution in [-0.2, 0) is 4.79 Å². The molecule has 3 N–H and O–H groups in total. The van der Waals surface area contributed by atoms with Gasteiger partial charge in [0.15, 0.2) is 5.96 Å². The SMILES string of the molecule is CCCNC(=O)CN1CCC(NC(=NC)NC2CC2c2ccccc2C)CC1. The second kappa shape index (κ2) is 9.92. The number of nitrogens with zero attached hydrogens (tertiary/aromatic N) is 2. The summed E-state index contributed by atoms with van der Waals surface area (Å²) in [4.78, 5) is 18.6. The van der Waals surface area contributed by atoms with Crippen LogP contribution in [0.2, 0.25) is 0 Å². The maximum Gasteiger partial charge on any atom is 0.234 e. The van der Waals surface area contributed by atoms with E-state index < -0.39 is 0 Å². The van der Waals surface area contributed by atoms with Crippen LogP contribution in [0.5, 0.6) is 0 Å². The quantitative estimate of drug-likeness (QED) is 0.496. The van der Waals surface area contributed by atoms with Crippen molar-refractivity contribution in [2.45, 2.75) is 57.5 Å². The molecule has 2 unspecified atom stereocenters. The normalized spacial score (nSPS) is 23.3. The van der Waals surface area contributed by atoms with Gasteiger partial charge in [0, 0.05) is 44.7 Å². The number of carbonyl (C=O) groups is 1. The average Bonchev–Trinajstić information content (AvgIpc) is 3.46. The minimum atomic E-state index is 0.140. The van der Waals surface area contributed by atoms with Crippen LogP contribution >= 0.6 is 0 Å². The predicted molar refractivity (Wildman–Crippen MR) is 115 cm³/mol. The number of aliphatic imine (C=N–C) groups is 1. The molecule has 0 bridgehead atoms. The van der Waals surface area contributed by atoms with Crippen LogP contribution in [0.4, 0.5) is 0 Å². The lowest BCUT2D eigenvalue weighted by Crippen LogP contribution is -2.50. The third-order valence-electron chi connectivity index (χ3n) is 5.79. The van der Waals surface area contributed by atoms with E-state index in [0.717, 1.165) is 51.3 Å². The Kier molecular flexibility index (Phi) is 7.31. The van der Waals surface area contributed by atoms with Crippen molar-refractivity contribution in [2.75, 3.05) is 33.2 Å². The van der Waals surface area contributed by atoms with Gasteiger partial charge in [0.2, 0.25) is 5.91 Å². The van der Waals surface area contributed by atoms with E-state index in [1.807, 2.05) is 7.05 Å². The van der Waals surface area contributed by atoms with Crippen molar-refractivity contribution in [3.8, 4) is 0 Å². The van der Waals surface area contributed by atoms with Gasteiger partial charge in [-0.3, -0.25) is 14.7 Å². The number of amides is 1. The van der Waals surface area contributed by atoms with Gasteiger partial charge in [-0.25, -0.2) is 0 Å². The summed E-state index contributed by atoms with van der Waals surface area (Å²) in [7, 11) is 1.84. The van der Waals surface area contributed by atoms with Gasteiger partial charge < -0.3 is 16.0 Å². The first-order valence-electron chi connectivity index (χ1n) is 10.6. The minimum Gasteiger partial charge on any atom is -0.355 e. The van der Waals surface area contributed by atoms with Crippen LogP contribution in [0.15, 0.2) is 29.3 Å². The highest BCUT2D eigenvalue weighted by atomic mass is 16.2. The molecule has 1 saturated carbocycles. The van der Waals surface area contributed by atoms with Gasteiger partial charge in [0.25, 0.3) is 0 Å². The highest BCUT2D eigenvalue weighted by Crippen LogP contribution is 2.42. The first-order valence-corrected chi connectivity index (χ1v) is 10.6. The third-order valence-corrected chi connectivity index (χ3v) is 5.79. The zero-order valence-corrected chi connectivity index (χ0v) is 17.5. The lowest BCUT2D eigenvalue weighted by Gasteiger charge is -2.32. The molecular weight excluding hydrogens is 350 g/mol. The number of hydrogen-bond donors (Lipinski definition) is 3. The summed E-state index contributed by atoms with van der Waals surface area (Å²) >= 11 is 0. The van der Waals surface area contributed by atoms with E-state index in [9.17, 15) is 4.79 Å². The maximum absolute atomic E-state index is 11.9. The number of hydrogen-bond acceptors (Lipinski definition) is 3. The van der Waals surface area contributed by atoms with Gasteiger partial charge in [-0.15, -0.1) is 0 Å². The van der Waals surface area contributed by atoms with Crippen molar-refractivity contribution in [1.29, 1.82) is 0 Å². The molecule has 6 heteroatoms. The van der Waals surface area contributed by atoms with Crippen molar-refractivity contribution >= 4 is 11.9 Å². The van der Waals surface area contributed by atoms with E-state index in [1.165, 1.54) is 11.1 Å². The molecule has 1 saturated heterocycles. The summed E-state index contributed by atoms with van der Waals surface area (Å²) in [6, 6.07) is 9.54. The Balaban J connectivity index is 1.40. The Labute approximate surface area is 169 Å². The molecule has 28 heavy (non-hydrogen) atoms. The molecule has 3 rings (SSSR count). The molecule has 1 aliphatic heterocycles. The number of carbonyl (C=O) groups excluding carboxylic acids is 1. The lowest BCUT2D eigenvalue weighted by molar-refractivity contribution is -0.122. The number of guanidine groups is 1. The zero-order chi connectivity index (χ0) is 19.9. The molecule has 0 aromatic heterocycles. The Bertz CT molecular complexity index is 681. The van der Waals surface area contributed by atoms with Crippen molar-refractivity contribution in [1.82, 2.24) is 20.9 Å². The van der Waals surface area contributed by atoms with Crippen molar-refractivity contribution in [3.05, 3.63) is 35.4 Å². The van der Waals surface area contributed by atoms with Gasteiger partial charge in [0.05, 0.1) is 6.54 Å². The molecule has 0 radical (unpaired) electrons. The number of benzene rings is 1. The van der Waals surface area contributed by atoms with E-state index in [2.05, 4.69) is 64.0 Å². The molecule has 2 fully saturated rings. The van der Waals surface area contributed by atoms with Crippen LogP contribution in [-0.4, -0.2) is 62.1 Å². The molecule has 6 nitrogen and oxygen atoms in total. The van der Waals surface area contributed by atoms with E-state index in [0.29, 0.717) is 24.5 Å². The smallest absolute Gasteiger partial charge is 0.234 e. The third kappa shape index (κ3) is 5.71. The highest BCUT2D eigenvalue weighted by Gasteiger charge is 2.39. The Hall–Kier alpha value is -2.08. The Morgan fingerprint density at radius 1 is 1.21 bits per heavy atom. The maximum atomic E-state index is 11.9. The minimum absolute atomic E-state index is 0.140. The molecule has 2 aliphatic rings. The van der Waals surface area contributed by atoms with Gasteiger partial charge in [0.1, 0.15) is 0 Å². The molecule has 1 aromatic rings. The molecule has 1 aromatic carbocycles. The van der Waals surface area contributed by atoms with E-state index in [-0.39, 0.29) is 5.91 Å². The van der Waals surface area contributed by atoms with Gasteiger partial charge in [-0.05, 0) is 43.7 Å². The summed E-state index contributed by atoms with van der Waals surface area (Å²) in [5.74, 6) is 1.63. The van der Waals surface area contributed by atoms with E-state index in [1.54, 1.807) is 0 Å². The number of likely N-dealkylation sites (tertiary alicyclic amines) is 1. The number of nitrogens with one attached hydrogen (secondary N) is 3. The summed E-state index contributed by atoms with van der Waals surface area (Å²) in [6.45, 7) is 7.44. The lowest BCUT2D eigenvalue weighted by atomic mass is 10.0. The standard InChI is InChI=1S/C22H35N5O/c1-4-11-24-21(28)15-27-12-9-17(10-13-27)25-22(23-3)26-20-14-19(20)18-8-6-5-7-16(18)2/h5-8,17,19-20H,4,9-15H2,1-3H3,(H,24,28)(H2,23,25,26). The topological polar surface area (TPSA) is 68.8 Å². The fourth-order valence-electron chi connectivity index (χ4n) is 4.00. The molecule has 2 atom stereocenters. The van der Waals surface area contributed by atoms with Crippen molar-refractivity contribution in [2.24, 2.45) is 4.99 Å². The van der Waals surface area contributed by atoms with Crippen molar-refractivity contribution < 1.29 is 4.79 Å². The number of piperidine rings is 1. The molecule has 154 valence electrons. The summed E-state index contributed by atoms with van der Waals surface area (Å²) in [6.07, 6.45) is 4.22. The summed E-state index contributed by atoms with van der Waals surface area (Å²) in [5.41, 5.74) is 2.82. The van der Waals surface area contributed by atoms with Crippen LogP contribution < -0.4 is 16.0 Å². The number of rotatable bonds is 7. The second-order valence-electron chi connectivity index (χ2n) is 8.07. The zero-order valence-electron chi connectivity index (χ0n) is 17.5. The van der Waals surface area contributed by atoms with Crippen LogP contribution in [0.1, 0.15) is 49.7 Å².